The molecule has 112 valence electrons. The van der Waals surface area contributed by atoms with E-state index < -0.39 is 0 Å². The maximum absolute atomic E-state index is 13.4. The van der Waals surface area contributed by atoms with Crippen molar-refractivity contribution in [3.8, 4) is 0 Å². The summed E-state index contributed by atoms with van der Waals surface area (Å²) in [5.74, 6) is 2.08. The van der Waals surface area contributed by atoms with Gasteiger partial charge in [-0.2, -0.15) is 11.8 Å². The van der Waals surface area contributed by atoms with Crippen LogP contribution in [0.4, 0.5) is 4.39 Å². The van der Waals surface area contributed by atoms with Crippen LogP contribution < -0.4 is 5.32 Å². The van der Waals surface area contributed by atoms with Gasteiger partial charge in [0.2, 0.25) is 0 Å². The van der Waals surface area contributed by atoms with E-state index in [1.165, 1.54) is 11.8 Å². The van der Waals surface area contributed by atoms with Gasteiger partial charge >= 0.3 is 0 Å². The molecule has 2 atom stereocenters. The molecule has 1 aromatic carbocycles. The number of likely N-dealkylation sites (N-methyl/N-ethyl adjacent to an activating group) is 2. The molecule has 0 aliphatic carbocycles. The standard InChI is InChI=1S/C15H22ClFN2S/c1-3-18-14(15-10-20-7-6-19(15)2)9-11-8-12(17)4-5-13(11)16/h4-5,8,14-15,18H,3,6-7,9-10H2,1-2H3. The smallest absolute Gasteiger partial charge is 0.123 e. The van der Waals surface area contributed by atoms with Crippen molar-refractivity contribution in [1.29, 1.82) is 0 Å². The van der Waals surface area contributed by atoms with E-state index in [1.54, 1.807) is 12.1 Å². The van der Waals surface area contributed by atoms with Crippen molar-refractivity contribution in [2.75, 3.05) is 31.6 Å². The van der Waals surface area contributed by atoms with Gasteiger partial charge in [-0.3, -0.25) is 0 Å². The van der Waals surface area contributed by atoms with Crippen LogP contribution in [0.25, 0.3) is 0 Å². The first-order valence-electron chi connectivity index (χ1n) is 7.07. The molecule has 1 aromatic rings. The summed E-state index contributed by atoms with van der Waals surface area (Å²) in [5.41, 5.74) is 0.890. The summed E-state index contributed by atoms with van der Waals surface area (Å²) < 4.78 is 13.4. The third-order valence-electron chi connectivity index (χ3n) is 3.82. The fourth-order valence-electron chi connectivity index (χ4n) is 2.67. The molecule has 2 nitrogen and oxygen atoms in total. The fourth-order valence-corrected chi connectivity index (χ4v) is 4.18. The van der Waals surface area contributed by atoms with Crippen LogP contribution in [-0.4, -0.2) is 48.6 Å². The lowest BCUT2D eigenvalue weighted by molar-refractivity contribution is 0.215. The number of nitrogens with one attached hydrogen (secondary N) is 1. The average molecular weight is 317 g/mol. The van der Waals surface area contributed by atoms with Crippen molar-refractivity contribution >= 4 is 23.4 Å². The number of nitrogens with zero attached hydrogens (tertiary/aromatic N) is 1. The highest BCUT2D eigenvalue weighted by molar-refractivity contribution is 7.99. The molecule has 1 aliphatic heterocycles. The predicted molar refractivity (Wildman–Crippen MR) is 86.3 cm³/mol. The van der Waals surface area contributed by atoms with Crippen LogP contribution in [-0.2, 0) is 6.42 Å². The number of hydrogen-bond donors (Lipinski definition) is 1. The summed E-state index contributed by atoms with van der Waals surface area (Å²) in [6.45, 7) is 4.12. The highest BCUT2D eigenvalue weighted by Gasteiger charge is 2.28. The second-order valence-corrected chi connectivity index (χ2v) is 6.78. The van der Waals surface area contributed by atoms with Gasteiger partial charge in [-0.05, 0) is 43.8 Å². The van der Waals surface area contributed by atoms with E-state index >= 15 is 0 Å². The van der Waals surface area contributed by atoms with E-state index in [0.717, 1.165) is 30.8 Å². The van der Waals surface area contributed by atoms with Crippen LogP contribution in [0.5, 0.6) is 0 Å². The van der Waals surface area contributed by atoms with Crippen LogP contribution in [0.15, 0.2) is 18.2 Å². The highest BCUT2D eigenvalue weighted by atomic mass is 35.5. The lowest BCUT2D eigenvalue weighted by atomic mass is 9.99. The van der Waals surface area contributed by atoms with Gasteiger partial charge in [0.15, 0.2) is 0 Å². The normalized spacial score (nSPS) is 21.9. The molecule has 0 amide bonds. The van der Waals surface area contributed by atoms with Crippen LogP contribution in [0, 0.1) is 5.82 Å². The monoisotopic (exact) mass is 316 g/mol. The van der Waals surface area contributed by atoms with E-state index in [1.807, 2.05) is 11.8 Å². The molecule has 20 heavy (non-hydrogen) atoms. The summed E-state index contributed by atoms with van der Waals surface area (Å²) in [4.78, 5) is 2.40. The van der Waals surface area contributed by atoms with Gasteiger partial charge in [-0.1, -0.05) is 18.5 Å². The molecular weight excluding hydrogens is 295 g/mol. The second-order valence-electron chi connectivity index (χ2n) is 5.23. The summed E-state index contributed by atoms with van der Waals surface area (Å²) >= 11 is 8.19. The third-order valence-corrected chi connectivity index (χ3v) is 5.24. The predicted octanol–water partition coefficient (Wildman–Crippen LogP) is 3.05. The molecule has 1 fully saturated rings. The first kappa shape index (κ1) is 16.1. The largest absolute Gasteiger partial charge is 0.312 e. The number of benzene rings is 1. The lowest BCUT2D eigenvalue weighted by Gasteiger charge is -2.38. The maximum Gasteiger partial charge on any atom is 0.123 e. The molecule has 0 aromatic heterocycles. The maximum atomic E-state index is 13.4. The topological polar surface area (TPSA) is 15.3 Å². The number of halogens is 2. The van der Waals surface area contributed by atoms with Crippen molar-refractivity contribution in [3.63, 3.8) is 0 Å². The van der Waals surface area contributed by atoms with Gasteiger partial charge < -0.3 is 10.2 Å². The van der Waals surface area contributed by atoms with Gasteiger partial charge in [0, 0.05) is 35.2 Å². The van der Waals surface area contributed by atoms with E-state index in [-0.39, 0.29) is 5.82 Å². The zero-order valence-electron chi connectivity index (χ0n) is 12.0. The van der Waals surface area contributed by atoms with Crippen LogP contribution in [0.1, 0.15) is 12.5 Å². The minimum absolute atomic E-state index is 0.217. The van der Waals surface area contributed by atoms with E-state index in [4.69, 9.17) is 11.6 Å². The molecular formula is C15H22ClFN2S. The lowest BCUT2D eigenvalue weighted by Crippen LogP contribution is -2.53. The van der Waals surface area contributed by atoms with Gasteiger partial charge in [-0.25, -0.2) is 4.39 Å². The molecule has 1 aliphatic rings. The van der Waals surface area contributed by atoms with Crippen molar-refractivity contribution in [1.82, 2.24) is 10.2 Å². The number of rotatable bonds is 5. The Labute approximate surface area is 130 Å². The van der Waals surface area contributed by atoms with Crippen LogP contribution >= 0.6 is 23.4 Å². The minimum atomic E-state index is -0.217. The molecule has 1 saturated heterocycles. The Kier molecular flexibility index (Phi) is 6.15. The van der Waals surface area contributed by atoms with Crippen molar-refractivity contribution in [2.45, 2.75) is 25.4 Å². The van der Waals surface area contributed by atoms with Gasteiger partial charge in [0.1, 0.15) is 5.82 Å². The SMILES string of the molecule is CCNC(Cc1cc(F)ccc1Cl)C1CSCCN1C. The third kappa shape index (κ3) is 4.10. The first-order valence-corrected chi connectivity index (χ1v) is 8.60. The molecule has 0 bridgehead atoms. The molecule has 0 spiro atoms. The van der Waals surface area contributed by atoms with Crippen molar-refractivity contribution < 1.29 is 4.39 Å². The first-order chi connectivity index (χ1) is 9.61. The van der Waals surface area contributed by atoms with Crippen molar-refractivity contribution in [2.24, 2.45) is 0 Å². The van der Waals surface area contributed by atoms with E-state index in [2.05, 4.69) is 24.2 Å². The minimum Gasteiger partial charge on any atom is -0.312 e. The Morgan fingerprint density at radius 3 is 3.05 bits per heavy atom. The molecule has 2 unspecified atom stereocenters. The summed E-state index contributed by atoms with van der Waals surface area (Å²) in [7, 11) is 2.17. The Balaban J connectivity index is 2.13. The second kappa shape index (κ2) is 7.64. The summed E-state index contributed by atoms with van der Waals surface area (Å²) in [6, 6.07) is 5.39. The van der Waals surface area contributed by atoms with E-state index in [0.29, 0.717) is 17.1 Å². The van der Waals surface area contributed by atoms with Crippen LogP contribution in [0.3, 0.4) is 0 Å². The molecule has 1 N–H and O–H groups in total. The summed E-state index contributed by atoms with van der Waals surface area (Å²) in [5, 5.41) is 4.19. The number of hydrogen-bond acceptors (Lipinski definition) is 3. The van der Waals surface area contributed by atoms with Crippen LogP contribution in [0.2, 0.25) is 5.02 Å². The Morgan fingerprint density at radius 2 is 2.35 bits per heavy atom. The fraction of sp³-hybridized carbons (Fsp3) is 0.600. The molecule has 0 saturated carbocycles. The quantitative estimate of drug-likeness (QED) is 0.899. The Hall–Kier alpha value is -0.290. The average Bonchev–Trinajstić information content (AvgIpc) is 2.43. The number of thioether (sulfide) groups is 1. The zero-order chi connectivity index (χ0) is 14.5. The Bertz CT molecular complexity index is 444. The van der Waals surface area contributed by atoms with Crippen molar-refractivity contribution in [3.05, 3.63) is 34.6 Å². The molecule has 2 rings (SSSR count). The van der Waals surface area contributed by atoms with Gasteiger partial charge in [0.05, 0.1) is 0 Å². The Morgan fingerprint density at radius 1 is 1.55 bits per heavy atom. The highest BCUT2D eigenvalue weighted by Crippen LogP contribution is 2.23. The zero-order valence-corrected chi connectivity index (χ0v) is 13.6. The molecule has 5 heteroatoms. The van der Waals surface area contributed by atoms with E-state index in [9.17, 15) is 4.39 Å². The van der Waals surface area contributed by atoms with Gasteiger partial charge in [0.25, 0.3) is 0 Å². The van der Waals surface area contributed by atoms with Gasteiger partial charge in [-0.15, -0.1) is 0 Å². The molecule has 0 radical (unpaired) electrons. The summed E-state index contributed by atoms with van der Waals surface area (Å²) in [6.07, 6.45) is 0.764. The molecule has 1 heterocycles.